The van der Waals surface area contributed by atoms with Crippen LogP contribution in [0.2, 0.25) is 5.02 Å². The fourth-order valence-electron chi connectivity index (χ4n) is 3.12. The van der Waals surface area contributed by atoms with Crippen LogP contribution in [0, 0.1) is 0 Å². The van der Waals surface area contributed by atoms with E-state index in [1.165, 1.54) is 24.1 Å². The van der Waals surface area contributed by atoms with Crippen LogP contribution in [-0.4, -0.2) is 31.6 Å². The van der Waals surface area contributed by atoms with Gasteiger partial charge in [0.05, 0.1) is 7.11 Å². The number of nitrogens with zero attached hydrogens (tertiary/aromatic N) is 1. The second-order valence-electron chi connectivity index (χ2n) is 5.94. The molecule has 3 heteroatoms. The summed E-state index contributed by atoms with van der Waals surface area (Å²) in [5, 5.41) is 0.818. The molecule has 0 saturated carbocycles. The highest BCUT2D eigenvalue weighted by Crippen LogP contribution is 2.28. The Labute approximate surface area is 137 Å². The zero-order chi connectivity index (χ0) is 15.4. The minimum absolute atomic E-state index is 0.646. The highest BCUT2D eigenvalue weighted by atomic mass is 35.5. The average molecular weight is 316 g/mol. The van der Waals surface area contributed by atoms with E-state index in [9.17, 15) is 0 Å². The molecule has 0 spiro atoms. The van der Waals surface area contributed by atoms with Crippen molar-refractivity contribution in [2.75, 3.05) is 26.7 Å². The molecule has 0 aromatic heterocycles. The fraction of sp³-hybridized carbons (Fsp3) is 0.368. The molecule has 0 aliphatic carbocycles. The molecule has 0 radical (unpaired) electrons. The largest absolute Gasteiger partial charge is 0.497 e. The molecule has 1 fully saturated rings. The smallest absolute Gasteiger partial charge is 0.118 e. The van der Waals surface area contributed by atoms with Crippen molar-refractivity contribution in [3.8, 4) is 5.75 Å². The van der Waals surface area contributed by atoms with Gasteiger partial charge in [-0.15, -0.1) is 0 Å². The van der Waals surface area contributed by atoms with Gasteiger partial charge in [-0.2, -0.15) is 0 Å². The van der Waals surface area contributed by atoms with Gasteiger partial charge in [0.2, 0.25) is 0 Å². The van der Waals surface area contributed by atoms with Gasteiger partial charge in [0.25, 0.3) is 0 Å². The molecule has 2 nitrogen and oxygen atoms in total. The first kappa shape index (κ1) is 15.4. The van der Waals surface area contributed by atoms with Crippen molar-refractivity contribution >= 4 is 11.6 Å². The number of hydrogen-bond acceptors (Lipinski definition) is 2. The summed E-state index contributed by atoms with van der Waals surface area (Å²) in [5.74, 6) is 1.57. The Bertz CT molecular complexity index is 594. The van der Waals surface area contributed by atoms with Gasteiger partial charge < -0.3 is 9.64 Å². The molecular formula is C19H22ClNO. The van der Waals surface area contributed by atoms with Gasteiger partial charge >= 0.3 is 0 Å². The predicted molar refractivity (Wildman–Crippen MR) is 91.9 cm³/mol. The lowest BCUT2D eigenvalue weighted by atomic mass is 9.99. The van der Waals surface area contributed by atoms with E-state index in [0.29, 0.717) is 5.92 Å². The number of ether oxygens (including phenoxy) is 1. The monoisotopic (exact) mass is 315 g/mol. The van der Waals surface area contributed by atoms with Gasteiger partial charge in [-0.3, -0.25) is 0 Å². The maximum Gasteiger partial charge on any atom is 0.118 e. The molecule has 2 aromatic carbocycles. The summed E-state index contributed by atoms with van der Waals surface area (Å²) >= 11 is 5.97. The van der Waals surface area contributed by atoms with Crippen LogP contribution in [0.1, 0.15) is 23.5 Å². The Morgan fingerprint density at radius 3 is 2.50 bits per heavy atom. The van der Waals surface area contributed by atoms with Crippen molar-refractivity contribution in [1.29, 1.82) is 0 Å². The molecule has 0 N–H and O–H groups in total. The van der Waals surface area contributed by atoms with E-state index in [0.717, 1.165) is 30.3 Å². The Balaban J connectivity index is 1.51. The summed E-state index contributed by atoms with van der Waals surface area (Å²) in [6, 6.07) is 16.7. The Hall–Kier alpha value is -1.51. The third-order valence-electron chi connectivity index (χ3n) is 4.49. The highest BCUT2D eigenvalue weighted by molar-refractivity contribution is 6.30. The number of methoxy groups -OCH3 is 1. The van der Waals surface area contributed by atoms with Gasteiger partial charge in [-0.05, 0) is 60.7 Å². The van der Waals surface area contributed by atoms with Crippen LogP contribution in [0.25, 0.3) is 0 Å². The van der Waals surface area contributed by atoms with Crippen molar-refractivity contribution < 1.29 is 4.74 Å². The summed E-state index contributed by atoms with van der Waals surface area (Å²) in [6.45, 7) is 3.46. The number of likely N-dealkylation sites (tertiary alicyclic amines) is 1. The maximum atomic E-state index is 5.97. The Kier molecular flexibility index (Phi) is 5.01. The van der Waals surface area contributed by atoms with Crippen LogP contribution in [-0.2, 0) is 6.42 Å². The van der Waals surface area contributed by atoms with Crippen LogP contribution in [0.5, 0.6) is 5.75 Å². The third kappa shape index (κ3) is 3.82. The van der Waals surface area contributed by atoms with E-state index >= 15 is 0 Å². The first-order valence-electron chi connectivity index (χ1n) is 7.85. The topological polar surface area (TPSA) is 12.5 Å². The molecule has 0 bridgehead atoms. The van der Waals surface area contributed by atoms with Gasteiger partial charge in [-0.1, -0.05) is 35.9 Å². The molecule has 1 atom stereocenters. The summed E-state index contributed by atoms with van der Waals surface area (Å²) in [4.78, 5) is 2.56. The van der Waals surface area contributed by atoms with Crippen molar-refractivity contribution in [2.24, 2.45) is 0 Å². The molecule has 22 heavy (non-hydrogen) atoms. The minimum Gasteiger partial charge on any atom is -0.497 e. The van der Waals surface area contributed by atoms with Crippen LogP contribution in [0.4, 0.5) is 0 Å². The number of rotatable bonds is 5. The van der Waals surface area contributed by atoms with E-state index in [2.05, 4.69) is 29.2 Å². The van der Waals surface area contributed by atoms with E-state index in [-0.39, 0.29) is 0 Å². The first-order valence-corrected chi connectivity index (χ1v) is 8.23. The van der Waals surface area contributed by atoms with Gasteiger partial charge in [0, 0.05) is 18.1 Å². The molecule has 3 rings (SSSR count). The van der Waals surface area contributed by atoms with E-state index in [1.54, 1.807) is 7.11 Å². The quantitative estimate of drug-likeness (QED) is 0.812. The SMILES string of the molecule is COc1ccc(CCN2CCC(c3ccc(Cl)cc3)C2)cc1. The molecule has 116 valence electrons. The fourth-order valence-corrected chi connectivity index (χ4v) is 3.25. The zero-order valence-corrected chi connectivity index (χ0v) is 13.7. The lowest BCUT2D eigenvalue weighted by Gasteiger charge is -2.16. The summed E-state index contributed by atoms with van der Waals surface area (Å²) in [5.41, 5.74) is 2.78. The molecule has 1 aliphatic rings. The molecule has 1 unspecified atom stereocenters. The lowest BCUT2D eigenvalue weighted by molar-refractivity contribution is 0.339. The van der Waals surface area contributed by atoms with E-state index in [4.69, 9.17) is 16.3 Å². The van der Waals surface area contributed by atoms with Crippen molar-refractivity contribution in [2.45, 2.75) is 18.8 Å². The van der Waals surface area contributed by atoms with Crippen molar-refractivity contribution in [3.63, 3.8) is 0 Å². The van der Waals surface area contributed by atoms with E-state index in [1.807, 2.05) is 24.3 Å². The standard InChI is InChI=1S/C19H22ClNO/c1-22-19-8-2-15(3-9-19)10-12-21-13-11-17(14-21)16-4-6-18(20)7-5-16/h2-9,17H,10-14H2,1H3. The van der Waals surface area contributed by atoms with Crippen molar-refractivity contribution in [3.05, 3.63) is 64.7 Å². The molecule has 0 amide bonds. The van der Waals surface area contributed by atoms with Crippen molar-refractivity contribution in [1.82, 2.24) is 4.90 Å². The maximum absolute atomic E-state index is 5.97. The van der Waals surface area contributed by atoms with Gasteiger partial charge in [0.1, 0.15) is 5.75 Å². The summed E-state index contributed by atoms with van der Waals surface area (Å²) in [6.07, 6.45) is 2.33. The zero-order valence-electron chi connectivity index (χ0n) is 13.0. The van der Waals surface area contributed by atoms with Crippen LogP contribution in [0.3, 0.4) is 0 Å². The minimum atomic E-state index is 0.646. The third-order valence-corrected chi connectivity index (χ3v) is 4.74. The highest BCUT2D eigenvalue weighted by Gasteiger charge is 2.23. The second-order valence-corrected chi connectivity index (χ2v) is 6.37. The van der Waals surface area contributed by atoms with E-state index < -0.39 is 0 Å². The van der Waals surface area contributed by atoms with Crippen LogP contribution in [0.15, 0.2) is 48.5 Å². The normalized spacial score (nSPS) is 18.5. The Morgan fingerprint density at radius 1 is 1.09 bits per heavy atom. The first-order chi connectivity index (χ1) is 10.7. The van der Waals surface area contributed by atoms with Crippen LogP contribution >= 0.6 is 11.6 Å². The summed E-state index contributed by atoms with van der Waals surface area (Å²) < 4.78 is 5.20. The van der Waals surface area contributed by atoms with Gasteiger partial charge in [-0.25, -0.2) is 0 Å². The average Bonchev–Trinajstić information content (AvgIpc) is 3.03. The number of halogens is 1. The number of hydrogen-bond donors (Lipinski definition) is 0. The molecule has 1 heterocycles. The van der Waals surface area contributed by atoms with Crippen LogP contribution < -0.4 is 4.74 Å². The molecular weight excluding hydrogens is 294 g/mol. The summed E-state index contributed by atoms with van der Waals surface area (Å²) in [7, 11) is 1.70. The second kappa shape index (κ2) is 7.17. The Morgan fingerprint density at radius 2 is 1.82 bits per heavy atom. The lowest BCUT2D eigenvalue weighted by Crippen LogP contribution is -2.23. The number of benzene rings is 2. The predicted octanol–water partition coefficient (Wildman–Crippen LogP) is 4.38. The molecule has 2 aromatic rings. The molecule has 1 aliphatic heterocycles. The molecule has 1 saturated heterocycles. The van der Waals surface area contributed by atoms with Gasteiger partial charge in [0.15, 0.2) is 0 Å².